The van der Waals surface area contributed by atoms with E-state index in [4.69, 9.17) is 4.74 Å². The van der Waals surface area contributed by atoms with Crippen LogP contribution in [0.5, 0.6) is 5.75 Å². The number of rotatable bonds is 8. The van der Waals surface area contributed by atoms with Gasteiger partial charge >= 0.3 is 0 Å². The van der Waals surface area contributed by atoms with Crippen LogP contribution < -0.4 is 15.4 Å². The molecule has 0 saturated carbocycles. The molecule has 0 aliphatic heterocycles. The van der Waals surface area contributed by atoms with Gasteiger partial charge in [0, 0.05) is 18.7 Å². The van der Waals surface area contributed by atoms with E-state index in [-0.39, 0.29) is 30.5 Å². The molecule has 3 aromatic rings. The van der Waals surface area contributed by atoms with Crippen LogP contribution >= 0.6 is 0 Å². The van der Waals surface area contributed by atoms with Gasteiger partial charge in [-0.05, 0) is 35.7 Å². The third-order valence-corrected chi connectivity index (χ3v) is 4.51. The summed E-state index contributed by atoms with van der Waals surface area (Å²) in [5.74, 6) is 0.344. The van der Waals surface area contributed by atoms with Crippen LogP contribution in [0.3, 0.4) is 0 Å². The van der Waals surface area contributed by atoms with Gasteiger partial charge < -0.3 is 15.4 Å². The van der Waals surface area contributed by atoms with Crippen molar-refractivity contribution in [2.24, 2.45) is 0 Å². The van der Waals surface area contributed by atoms with E-state index in [1.807, 2.05) is 55.5 Å². The second kappa shape index (κ2) is 13.3. The summed E-state index contributed by atoms with van der Waals surface area (Å²) in [5.41, 5.74) is 2.95. The highest BCUT2D eigenvalue weighted by Crippen LogP contribution is 2.12. The van der Waals surface area contributed by atoms with Crippen molar-refractivity contribution in [3.63, 3.8) is 0 Å². The Morgan fingerprint density at radius 3 is 2.15 bits per heavy atom. The number of benzene rings is 3. The van der Waals surface area contributed by atoms with Crippen molar-refractivity contribution in [3.8, 4) is 5.75 Å². The van der Waals surface area contributed by atoms with Gasteiger partial charge in [-0.3, -0.25) is 19.7 Å². The Morgan fingerprint density at radius 1 is 0.879 bits per heavy atom. The van der Waals surface area contributed by atoms with E-state index >= 15 is 0 Å². The summed E-state index contributed by atoms with van der Waals surface area (Å²) in [4.78, 5) is 33.3. The standard InChI is InChI=1S/C18H20N2O3.C7H7NO2/c1-23-16-9-7-14(8-10-16)11-17(21)20-13-18(22)19-12-15-5-3-2-4-6-15;1-6-3-2-4-7(5-6)8(9)10/h2-10H,11-13H2,1H3,(H,19,22)(H,20,21);2-5H,1H3. The van der Waals surface area contributed by atoms with Crippen molar-refractivity contribution >= 4 is 17.5 Å². The first-order valence-corrected chi connectivity index (χ1v) is 10.3. The van der Waals surface area contributed by atoms with Crippen molar-refractivity contribution in [3.05, 3.63) is 106 Å². The Morgan fingerprint density at radius 2 is 1.58 bits per heavy atom. The molecular formula is C25H27N3O5. The molecule has 0 bridgehead atoms. The van der Waals surface area contributed by atoms with Crippen LogP contribution in [0.4, 0.5) is 5.69 Å². The minimum Gasteiger partial charge on any atom is -0.497 e. The van der Waals surface area contributed by atoms with Crippen molar-refractivity contribution < 1.29 is 19.2 Å². The molecule has 0 unspecified atom stereocenters. The van der Waals surface area contributed by atoms with Crippen LogP contribution in [0.1, 0.15) is 16.7 Å². The minimum atomic E-state index is -0.396. The van der Waals surface area contributed by atoms with Crippen LogP contribution in [0.15, 0.2) is 78.9 Å². The highest BCUT2D eigenvalue weighted by Gasteiger charge is 2.07. The Bertz CT molecular complexity index is 1050. The first kappa shape index (κ1) is 25.1. The molecule has 2 N–H and O–H groups in total. The molecule has 172 valence electrons. The van der Waals surface area contributed by atoms with Gasteiger partial charge in [-0.15, -0.1) is 0 Å². The van der Waals surface area contributed by atoms with E-state index in [1.54, 1.807) is 31.4 Å². The van der Waals surface area contributed by atoms with Crippen molar-refractivity contribution in [1.29, 1.82) is 0 Å². The van der Waals surface area contributed by atoms with Gasteiger partial charge in [0.25, 0.3) is 5.69 Å². The minimum absolute atomic E-state index is 0.0260. The van der Waals surface area contributed by atoms with Crippen LogP contribution in [0, 0.1) is 17.0 Å². The maximum atomic E-state index is 11.8. The number of nitrogens with zero attached hydrogens (tertiary/aromatic N) is 1. The summed E-state index contributed by atoms with van der Waals surface area (Å²) < 4.78 is 5.06. The number of carbonyl (C=O) groups is 2. The normalized spacial score (nSPS) is 9.76. The van der Waals surface area contributed by atoms with E-state index < -0.39 is 4.92 Å². The number of non-ortho nitro benzene ring substituents is 1. The average molecular weight is 450 g/mol. The molecular weight excluding hydrogens is 422 g/mol. The number of carbonyl (C=O) groups excluding carboxylic acids is 2. The molecule has 0 heterocycles. The number of nitrogens with one attached hydrogen (secondary N) is 2. The third kappa shape index (κ3) is 9.65. The summed E-state index contributed by atoms with van der Waals surface area (Å²) in [6.07, 6.45) is 0.232. The summed E-state index contributed by atoms with van der Waals surface area (Å²) in [6.45, 7) is 2.25. The topological polar surface area (TPSA) is 111 Å². The lowest BCUT2D eigenvalue weighted by molar-refractivity contribution is -0.384. The highest BCUT2D eigenvalue weighted by atomic mass is 16.6. The molecule has 0 atom stereocenters. The molecule has 0 spiro atoms. The number of nitro groups is 1. The highest BCUT2D eigenvalue weighted by molar-refractivity contribution is 5.85. The van der Waals surface area contributed by atoms with E-state index in [2.05, 4.69) is 10.6 Å². The third-order valence-electron chi connectivity index (χ3n) is 4.51. The second-order valence-corrected chi connectivity index (χ2v) is 7.16. The van der Waals surface area contributed by atoms with Gasteiger partial charge in [-0.25, -0.2) is 0 Å². The van der Waals surface area contributed by atoms with Crippen LogP contribution in [0.25, 0.3) is 0 Å². The van der Waals surface area contributed by atoms with Crippen molar-refractivity contribution in [2.45, 2.75) is 19.9 Å². The number of nitro benzene ring substituents is 1. The molecule has 0 aliphatic carbocycles. The van der Waals surface area contributed by atoms with Crippen LogP contribution in [-0.2, 0) is 22.6 Å². The Balaban J connectivity index is 0.000000321. The smallest absolute Gasteiger partial charge is 0.269 e. The second-order valence-electron chi connectivity index (χ2n) is 7.16. The Hall–Kier alpha value is -4.20. The van der Waals surface area contributed by atoms with Crippen LogP contribution in [0.2, 0.25) is 0 Å². The summed E-state index contributed by atoms with van der Waals surface area (Å²) in [7, 11) is 1.59. The number of aryl methyl sites for hydroxylation is 1. The predicted octanol–water partition coefficient (Wildman–Crippen LogP) is 3.57. The monoisotopic (exact) mass is 449 g/mol. The van der Waals surface area contributed by atoms with E-state index in [1.165, 1.54) is 6.07 Å². The maximum absolute atomic E-state index is 11.8. The lowest BCUT2D eigenvalue weighted by Crippen LogP contribution is -2.37. The van der Waals surface area contributed by atoms with Gasteiger partial charge in [0.15, 0.2) is 0 Å². The zero-order valence-electron chi connectivity index (χ0n) is 18.6. The van der Waals surface area contributed by atoms with E-state index in [9.17, 15) is 19.7 Å². The Labute approximate surface area is 192 Å². The SMILES string of the molecule is COc1ccc(CC(=O)NCC(=O)NCc2ccccc2)cc1.Cc1cccc([N+](=O)[O-])c1. The Kier molecular flexibility index (Phi) is 10.1. The average Bonchev–Trinajstić information content (AvgIpc) is 2.83. The zero-order valence-corrected chi connectivity index (χ0v) is 18.6. The zero-order chi connectivity index (χ0) is 24.1. The molecule has 33 heavy (non-hydrogen) atoms. The predicted molar refractivity (Wildman–Crippen MR) is 126 cm³/mol. The van der Waals surface area contributed by atoms with Gasteiger partial charge in [-0.2, -0.15) is 0 Å². The molecule has 0 saturated heterocycles. The number of hydrogen-bond donors (Lipinski definition) is 2. The molecule has 2 amide bonds. The molecule has 3 aromatic carbocycles. The molecule has 0 aliphatic rings. The summed E-state index contributed by atoms with van der Waals surface area (Å²) in [6, 6.07) is 23.4. The van der Waals surface area contributed by atoms with Crippen molar-refractivity contribution in [2.75, 3.05) is 13.7 Å². The molecule has 8 nitrogen and oxygen atoms in total. The largest absolute Gasteiger partial charge is 0.497 e. The number of hydrogen-bond acceptors (Lipinski definition) is 5. The number of amides is 2. The van der Waals surface area contributed by atoms with Gasteiger partial charge in [0.2, 0.25) is 11.8 Å². The molecule has 0 fully saturated rings. The fourth-order valence-corrected chi connectivity index (χ4v) is 2.77. The first-order chi connectivity index (χ1) is 15.9. The number of ether oxygens (including phenoxy) is 1. The van der Waals surface area contributed by atoms with Gasteiger partial charge in [-0.1, -0.05) is 54.6 Å². The fourth-order valence-electron chi connectivity index (χ4n) is 2.77. The summed E-state index contributed by atoms with van der Waals surface area (Å²) >= 11 is 0. The molecule has 0 aromatic heterocycles. The van der Waals surface area contributed by atoms with Crippen LogP contribution in [-0.4, -0.2) is 30.4 Å². The van der Waals surface area contributed by atoms with E-state index in [0.717, 1.165) is 22.4 Å². The quantitative estimate of drug-likeness (QED) is 0.403. The van der Waals surface area contributed by atoms with Gasteiger partial charge in [0.1, 0.15) is 5.75 Å². The number of methoxy groups -OCH3 is 1. The van der Waals surface area contributed by atoms with Crippen molar-refractivity contribution in [1.82, 2.24) is 10.6 Å². The molecule has 8 heteroatoms. The lowest BCUT2D eigenvalue weighted by Gasteiger charge is -2.07. The fraction of sp³-hybridized carbons (Fsp3) is 0.200. The van der Waals surface area contributed by atoms with E-state index in [0.29, 0.717) is 6.54 Å². The lowest BCUT2D eigenvalue weighted by atomic mass is 10.1. The molecule has 3 rings (SSSR count). The summed E-state index contributed by atoms with van der Waals surface area (Å²) in [5, 5.41) is 15.5. The maximum Gasteiger partial charge on any atom is 0.269 e. The molecule has 0 radical (unpaired) electrons. The van der Waals surface area contributed by atoms with Gasteiger partial charge in [0.05, 0.1) is 25.0 Å². The first-order valence-electron chi connectivity index (χ1n) is 10.3.